The number of carbonyl (C=O) groups is 1. The Morgan fingerprint density at radius 2 is 2.00 bits per heavy atom. The van der Waals surface area contributed by atoms with Crippen LogP contribution in [0, 0.1) is 6.92 Å². The molecular weight excluding hydrogens is 250 g/mol. The van der Waals surface area contributed by atoms with Crippen molar-refractivity contribution in [3.8, 4) is 5.75 Å². The minimum absolute atomic E-state index is 0.111. The number of phenolic OH excluding ortho intramolecular Hbond substituents is 1. The first-order valence-electron chi connectivity index (χ1n) is 5.43. The zero-order valence-corrected chi connectivity index (χ0v) is 10.5. The zero-order chi connectivity index (χ0) is 13.1. The molecule has 3 nitrogen and oxygen atoms in total. The number of halogens is 1. The van der Waals surface area contributed by atoms with Crippen molar-refractivity contribution in [2.75, 3.05) is 5.32 Å². The highest BCUT2D eigenvalue weighted by Gasteiger charge is 2.07. The van der Waals surface area contributed by atoms with Crippen molar-refractivity contribution in [1.82, 2.24) is 0 Å². The molecule has 0 aliphatic carbocycles. The van der Waals surface area contributed by atoms with Crippen molar-refractivity contribution in [2.24, 2.45) is 0 Å². The van der Waals surface area contributed by atoms with Gasteiger partial charge in [-0.05, 0) is 42.8 Å². The molecule has 0 aromatic heterocycles. The molecule has 0 aliphatic rings. The number of anilines is 1. The SMILES string of the molecule is Cc1cc(C(=O)Nc2cccc(O)c2)ccc1Cl. The molecule has 0 spiro atoms. The Kier molecular flexibility index (Phi) is 3.53. The molecule has 0 saturated carbocycles. The van der Waals surface area contributed by atoms with Gasteiger partial charge in [0.15, 0.2) is 0 Å². The third-order valence-electron chi connectivity index (χ3n) is 2.52. The van der Waals surface area contributed by atoms with Gasteiger partial charge in [0.25, 0.3) is 5.91 Å². The summed E-state index contributed by atoms with van der Waals surface area (Å²) < 4.78 is 0. The monoisotopic (exact) mass is 261 g/mol. The van der Waals surface area contributed by atoms with Crippen LogP contribution in [-0.4, -0.2) is 11.0 Å². The number of benzene rings is 2. The molecule has 0 aliphatic heterocycles. The topological polar surface area (TPSA) is 49.3 Å². The van der Waals surface area contributed by atoms with Gasteiger partial charge in [-0.2, -0.15) is 0 Å². The van der Waals surface area contributed by atoms with E-state index in [4.69, 9.17) is 11.6 Å². The van der Waals surface area contributed by atoms with E-state index in [9.17, 15) is 9.90 Å². The van der Waals surface area contributed by atoms with Crippen LogP contribution in [0.5, 0.6) is 5.75 Å². The van der Waals surface area contributed by atoms with Gasteiger partial charge in [-0.25, -0.2) is 0 Å². The summed E-state index contributed by atoms with van der Waals surface area (Å²) in [5.74, 6) is -0.125. The summed E-state index contributed by atoms with van der Waals surface area (Å²) >= 11 is 5.90. The van der Waals surface area contributed by atoms with E-state index in [1.54, 1.807) is 36.4 Å². The quantitative estimate of drug-likeness (QED) is 0.868. The molecule has 0 radical (unpaired) electrons. The molecular formula is C14H12ClNO2. The molecule has 0 bridgehead atoms. The number of hydrogen-bond donors (Lipinski definition) is 2. The molecule has 2 N–H and O–H groups in total. The number of rotatable bonds is 2. The van der Waals surface area contributed by atoms with Crippen molar-refractivity contribution in [1.29, 1.82) is 0 Å². The second kappa shape index (κ2) is 5.10. The Hall–Kier alpha value is -2.00. The van der Waals surface area contributed by atoms with Crippen LogP contribution in [0.1, 0.15) is 15.9 Å². The minimum atomic E-state index is -0.236. The van der Waals surface area contributed by atoms with E-state index in [1.165, 1.54) is 6.07 Å². The predicted molar refractivity (Wildman–Crippen MR) is 72.2 cm³/mol. The number of carbonyl (C=O) groups excluding carboxylic acids is 1. The molecule has 1 amide bonds. The van der Waals surface area contributed by atoms with E-state index in [1.807, 2.05) is 6.92 Å². The lowest BCUT2D eigenvalue weighted by atomic mass is 10.1. The Balaban J connectivity index is 2.19. The second-order valence-corrected chi connectivity index (χ2v) is 4.38. The number of aromatic hydroxyl groups is 1. The van der Waals surface area contributed by atoms with Crippen LogP contribution in [0.15, 0.2) is 42.5 Å². The van der Waals surface area contributed by atoms with E-state index < -0.39 is 0 Å². The van der Waals surface area contributed by atoms with E-state index in [0.717, 1.165) is 5.56 Å². The average Bonchev–Trinajstić information content (AvgIpc) is 2.32. The lowest BCUT2D eigenvalue weighted by molar-refractivity contribution is 0.102. The summed E-state index contributed by atoms with van der Waals surface area (Å²) in [5.41, 5.74) is 1.92. The van der Waals surface area contributed by atoms with Crippen LogP contribution in [0.3, 0.4) is 0 Å². The van der Waals surface area contributed by atoms with Crippen LogP contribution >= 0.6 is 11.6 Å². The maximum absolute atomic E-state index is 12.0. The van der Waals surface area contributed by atoms with Gasteiger partial charge in [0.05, 0.1) is 0 Å². The first-order chi connectivity index (χ1) is 8.56. The van der Waals surface area contributed by atoms with Gasteiger partial charge in [-0.15, -0.1) is 0 Å². The number of nitrogens with one attached hydrogen (secondary N) is 1. The van der Waals surface area contributed by atoms with Gasteiger partial charge in [-0.3, -0.25) is 4.79 Å². The normalized spacial score (nSPS) is 10.1. The number of amides is 1. The van der Waals surface area contributed by atoms with E-state index in [-0.39, 0.29) is 11.7 Å². The van der Waals surface area contributed by atoms with Crippen LogP contribution in [0.25, 0.3) is 0 Å². The van der Waals surface area contributed by atoms with Crippen LogP contribution in [0.4, 0.5) is 5.69 Å². The largest absolute Gasteiger partial charge is 0.508 e. The van der Waals surface area contributed by atoms with Gasteiger partial charge >= 0.3 is 0 Å². The molecule has 18 heavy (non-hydrogen) atoms. The fourth-order valence-corrected chi connectivity index (χ4v) is 1.69. The fraction of sp³-hybridized carbons (Fsp3) is 0.0714. The molecule has 2 aromatic carbocycles. The van der Waals surface area contributed by atoms with Crippen LogP contribution in [-0.2, 0) is 0 Å². The summed E-state index contributed by atoms with van der Waals surface area (Å²) in [7, 11) is 0. The summed E-state index contributed by atoms with van der Waals surface area (Å²) in [6, 6.07) is 11.5. The summed E-state index contributed by atoms with van der Waals surface area (Å²) in [5, 5.41) is 12.6. The fourth-order valence-electron chi connectivity index (χ4n) is 1.57. The van der Waals surface area contributed by atoms with Gasteiger partial charge in [0, 0.05) is 22.3 Å². The minimum Gasteiger partial charge on any atom is -0.508 e. The standard InChI is InChI=1S/C14H12ClNO2/c1-9-7-10(5-6-13(9)15)14(18)16-11-3-2-4-12(17)8-11/h2-8,17H,1H3,(H,16,18). The smallest absolute Gasteiger partial charge is 0.255 e. The molecule has 4 heteroatoms. The number of phenols is 1. The molecule has 0 unspecified atom stereocenters. The first-order valence-corrected chi connectivity index (χ1v) is 5.80. The van der Waals surface area contributed by atoms with Crippen molar-refractivity contribution in [3.63, 3.8) is 0 Å². The van der Waals surface area contributed by atoms with Crippen molar-refractivity contribution in [3.05, 3.63) is 58.6 Å². The zero-order valence-electron chi connectivity index (χ0n) is 9.77. The van der Waals surface area contributed by atoms with Gasteiger partial charge in [-0.1, -0.05) is 17.7 Å². The molecule has 0 heterocycles. The lowest BCUT2D eigenvalue weighted by Gasteiger charge is -2.07. The Bertz CT molecular complexity index is 596. The molecule has 0 fully saturated rings. The highest BCUT2D eigenvalue weighted by Crippen LogP contribution is 2.19. The summed E-state index contributed by atoms with van der Waals surface area (Å²) in [6.07, 6.45) is 0. The van der Waals surface area contributed by atoms with Crippen molar-refractivity contribution >= 4 is 23.2 Å². The Labute approximate surface area is 110 Å². The number of hydrogen-bond acceptors (Lipinski definition) is 2. The number of aryl methyl sites for hydroxylation is 1. The maximum atomic E-state index is 12.0. The highest BCUT2D eigenvalue weighted by molar-refractivity contribution is 6.31. The summed E-state index contributed by atoms with van der Waals surface area (Å²) in [6.45, 7) is 1.84. The van der Waals surface area contributed by atoms with E-state index >= 15 is 0 Å². The molecule has 2 rings (SSSR count). The first kappa shape index (κ1) is 12.5. The Morgan fingerprint density at radius 3 is 2.67 bits per heavy atom. The van der Waals surface area contributed by atoms with Crippen LogP contribution in [0.2, 0.25) is 5.02 Å². The third kappa shape index (κ3) is 2.81. The predicted octanol–water partition coefficient (Wildman–Crippen LogP) is 3.61. The van der Waals surface area contributed by atoms with Gasteiger partial charge in [0.1, 0.15) is 5.75 Å². The second-order valence-electron chi connectivity index (χ2n) is 3.97. The molecule has 2 aromatic rings. The van der Waals surface area contributed by atoms with Crippen molar-refractivity contribution in [2.45, 2.75) is 6.92 Å². The Morgan fingerprint density at radius 1 is 1.22 bits per heavy atom. The molecule has 92 valence electrons. The summed E-state index contributed by atoms with van der Waals surface area (Å²) in [4.78, 5) is 12.0. The van der Waals surface area contributed by atoms with Gasteiger partial charge in [0.2, 0.25) is 0 Å². The van der Waals surface area contributed by atoms with E-state index in [2.05, 4.69) is 5.32 Å². The van der Waals surface area contributed by atoms with Crippen LogP contribution < -0.4 is 5.32 Å². The average molecular weight is 262 g/mol. The maximum Gasteiger partial charge on any atom is 0.255 e. The third-order valence-corrected chi connectivity index (χ3v) is 2.95. The van der Waals surface area contributed by atoms with Gasteiger partial charge < -0.3 is 10.4 Å². The molecule has 0 saturated heterocycles. The highest BCUT2D eigenvalue weighted by atomic mass is 35.5. The molecule has 0 atom stereocenters. The van der Waals surface area contributed by atoms with Crippen molar-refractivity contribution < 1.29 is 9.90 Å². The lowest BCUT2D eigenvalue weighted by Crippen LogP contribution is -2.11. The van der Waals surface area contributed by atoms with E-state index in [0.29, 0.717) is 16.3 Å².